The summed E-state index contributed by atoms with van der Waals surface area (Å²) < 4.78 is 24.0. The van der Waals surface area contributed by atoms with E-state index in [1.165, 1.54) is 17.6 Å². The maximum atomic E-state index is 12.2. The number of para-hydroxylation sites is 2. The lowest BCUT2D eigenvalue weighted by molar-refractivity contribution is 0.251. The lowest BCUT2D eigenvalue weighted by Gasteiger charge is -2.36. The molecule has 8 nitrogen and oxygen atoms in total. The van der Waals surface area contributed by atoms with Gasteiger partial charge in [-0.05, 0) is 25.1 Å². The number of nitrogens with zero attached hydrogens (tertiary/aromatic N) is 3. The summed E-state index contributed by atoms with van der Waals surface area (Å²) in [5.41, 5.74) is 1.81. The smallest absolute Gasteiger partial charge is 0.319 e. The highest BCUT2D eigenvalue weighted by Crippen LogP contribution is 2.26. The Morgan fingerprint density at radius 2 is 1.85 bits per heavy atom. The molecule has 0 bridgehead atoms. The molecule has 0 spiro atoms. The first-order valence-electron chi connectivity index (χ1n) is 9.33. The van der Waals surface area contributed by atoms with E-state index in [4.69, 9.17) is 0 Å². The van der Waals surface area contributed by atoms with Crippen molar-refractivity contribution in [2.75, 3.05) is 69.3 Å². The van der Waals surface area contributed by atoms with Crippen molar-refractivity contribution in [2.24, 2.45) is 0 Å². The number of piperazine rings is 1. The van der Waals surface area contributed by atoms with Crippen LogP contribution < -0.4 is 15.5 Å². The summed E-state index contributed by atoms with van der Waals surface area (Å²) in [4.78, 5) is 16.9. The first-order chi connectivity index (χ1) is 12.8. The molecule has 1 fully saturated rings. The minimum absolute atomic E-state index is 0.281. The molecule has 1 saturated heterocycles. The Balaban J connectivity index is 1.84. The SMILES string of the molecule is CCN1CCN(c2ccccc2NC(=O)NCCCN(C)S(C)(=O)=O)CC1. The van der Waals surface area contributed by atoms with E-state index < -0.39 is 10.0 Å². The quantitative estimate of drug-likeness (QED) is 0.645. The molecule has 152 valence electrons. The fourth-order valence-electron chi connectivity index (χ4n) is 3.00. The van der Waals surface area contributed by atoms with E-state index in [2.05, 4.69) is 27.4 Å². The fourth-order valence-corrected chi connectivity index (χ4v) is 3.46. The third-order valence-electron chi connectivity index (χ3n) is 4.81. The van der Waals surface area contributed by atoms with Gasteiger partial charge in [-0.15, -0.1) is 0 Å². The van der Waals surface area contributed by atoms with Gasteiger partial charge in [0.1, 0.15) is 0 Å². The number of rotatable bonds is 8. The molecule has 0 unspecified atom stereocenters. The van der Waals surface area contributed by atoms with Crippen LogP contribution in [0.5, 0.6) is 0 Å². The van der Waals surface area contributed by atoms with Crippen LogP contribution in [0.25, 0.3) is 0 Å². The van der Waals surface area contributed by atoms with Crippen LogP contribution in [0.2, 0.25) is 0 Å². The second-order valence-corrected chi connectivity index (χ2v) is 8.85. The zero-order valence-corrected chi connectivity index (χ0v) is 17.3. The minimum atomic E-state index is -3.18. The molecule has 2 N–H and O–H groups in total. The molecule has 1 aliphatic heterocycles. The first-order valence-corrected chi connectivity index (χ1v) is 11.2. The number of amides is 2. The summed E-state index contributed by atoms with van der Waals surface area (Å²) in [6.07, 6.45) is 1.72. The van der Waals surface area contributed by atoms with Crippen LogP contribution >= 0.6 is 0 Å². The largest absolute Gasteiger partial charge is 0.367 e. The van der Waals surface area contributed by atoms with E-state index in [1.54, 1.807) is 0 Å². The maximum Gasteiger partial charge on any atom is 0.319 e. The Bertz CT molecular complexity index is 717. The summed E-state index contributed by atoms with van der Waals surface area (Å²) in [7, 11) is -1.65. The lowest BCUT2D eigenvalue weighted by atomic mass is 10.2. The molecular weight excluding hydrogens is 366 g/mol. The van der Waals surface area contributed by atoms with E-state index in [1.807, 2.05) is 24.3 Å². The predicted molar refractivity (Wildman–Crippen MR) is 110 cm³/mol. The summed E-state index contributed by atoms with van der Waals surface area (Å²) in [5, 5.41) is 5.70. The second kappa shape index (κ2) is 9.91. The van der Waals surface area contributed by atoms with Crippen LogP contribution in [0.3, 0.4) is 0 Å². The molecule has 2 rings (SSSR count). The first kappa shape index (κ1) is 21.5. The van der Waals surface area contributed by atoms with Crippen LogP contribution in [0, 0.1) is 0 Å². The second-order valence-electron chi connectivity index (χ2n) is 6.76. The number of benzene rings is 1. The molecule has 2 amide bonds. The van der Waals surface area contributed by atoms with Crippen LogP contribution in [-0.2, 0) is 10.0 Å². The van der Waals surface area contributed by atoms with Crippen molar-refractivity contribution in [3.63, 3.8) is 0 Å². The highest BCUT2D eigenvalue weighted by molar-refractivity contribution is 7.88. The number of hydrogen-bond acceptors (Lipinski definition) is 5. The Kier molecular flexibility index (Phi) is 7.88. The standard InChI is InChI=1S/C18H31N5O3S/c1-4-22-12-14-23(15-13-22)17-9-6-5-8-16(17)20-18(24)19-10-7-11-21(2)27(3,25)26/h5-6,8-9H,4,7,10-15H2,1-3H3,(H2,19,20,24). The average Bonchev–Trinajstić information content (AvgIpc) is 2.65. The van der Waals surface area contributed by atoms with Gasteiger partial charge in [0.25, 0.3) is 0 Å². The highest BCUT2D eigenvalue weighted by atomic mass is 32.2. The summed E-state index contributed by atoms with van der Waals surface area (Å²) in [6.45, 7) is 7.92. The molecule has 1 heterocycles. The van der Waals surface area contributed by atoms with Gasteiger partial charge in [0.05, 0.1) is 17.6 Å². The van der Waals surface area contributed by atoms with Crippen molar-refractivity contribution in [1.82, 2.24) is 14.5 Å². The van der Waals surface area contributed by atoms with Crippen molar-refractivity contribution in [3.8, 4) is 0 Å². The zero-order chi connectivity index (χ0) is 19.9. The Morgan fingerprint density at radius 3 is 2.48 bits per heavy atom. The van der Waals surface area contributed by atoms with Crippen LogP contribution in [-0.4, -0.2) is 82.8 Å². The molecule has 0 atom stereocenters. The lowest BCUT2D eigenvalue weighted by Crippen LogP contribution is -2.46. The van der Waals surface area contributed by atoms with Crippen molar-refractivity contribution in [2.45, 2.75) is 13.3 Å². The average molecular weight is 398 g/mol. The Hall–Kier alpha value is -1.84. The van der Waals surface area contributed by atoms with Gasteiger partial charge < -0.3 is 20.4 Å². The predicted octanol–water partition coefficient (Wildman–Crippen LogP) is 1.23. The molecular formula is C18H31N5O3S. The van der Waals surface area contributed by atoms with Gasteiger partial charge in [-0.2, -0.15) is 0 Å². The zero-order valence-electron chi connectivity index (χ0n) is 16.4. The summed E-state index contributed by atoms with van der Waals surface area (Å²) in [5.74, 6) is 0. The highest BCUT2D eigenvalue weighted by Gasteiger charge is 2.18. The van der Waals surface area contributed by atoms with E-state index in [0.29, 0.717) is 19.5 Å². The number of likely N-dealkylation sites (N-methyl/N-ethyl adjacent to an activating group) is 1. The van der Waals surface area contributed by atoms with E-state index in [-0.39, 0.29) is 6.03 Å². The maximum absolute atomic E-state index is 12.2. The van der Waals surface area contributed by atoms with Crippen LogP contribution in [0.1, 0.15) is 13.3 Å². The number of carbonyl (C=O) groups is 1. The van der Waals surface area contributed by atoms with Crippen molar-refractivity contribution >= 4 is 27.4 Å². The monoisotopic (exact) mass is 397 g/mol. The van der Waals surface area contributed by atoms with Gasteiger partial charge >= 0.3 is 6.03 Å². The van der Waals surface area contributed by atoms with Gasteiger partial charge in [-0.1, -0.05) is 19.1 Å². The minimum Gasteiger partial charge on any atom is -0.367 e. The van der Waals surface area contributed by atoms with Crippen molar-refractivity contribution in [1.29, 1.82) is 0 Å². The number of urea groups is 1. The van der Waals surface area contributed by atoms with E-state index in [0.717, 1.165) is 44.1 Å². The molecule has 1 aromatic rings. The molecule has 0 radical (unpaired) electrons. The fraction of sp³-hybridized carbons (Fsp3) is 0.611. The van der Waals surface area contributed by atoms with E-state index >= 15 is 0 Å². The van der Waals surface area contributed by atoms with Crippen LogP contribution in [0.4, 0.5) is 16.2 Å². The van der Waals surface area contributed by atoms with Crippen molar-refractivity contribution in [3.05, 3.63) is 24.3 Å². The molecule has 1 aromatic carbocycles. The van der Waals surface area contributed by atoms with Gasteiger partial charge in [-0.25, -0.2) is 17.5 Å². The van der Waals surface area contributed by atoms with Gasteiger partial charge in [0.15, 0.2) is 0 Å². The van der Waals surface area contributed by atoms with Gasteiger partial charge in [-0.3, -0.25) is 0 Å². The van der Waals surface area contributed by atoms with Gasteiger partial charge in [0, 0.05) is 46.3 Å². The van der Waals surface area contributed by atoms with Crippen LogP contribution in [0.15, 0.2) is 24.3 Å². The molecule has 0 saturated carbocycles. The number of nitrogens with one attached hydrogen (secondary N) is 2. The Morgan fingerprint density at radius 1 is 1.19 bits per heavy atom. The van der Waals surface area contributed by atoms with Gasteiger partial charge in [0.2, 0.25) is 10.0 Å². The topological polar surface area (TPSA) is 85.0 Å². The summed E-state index contributed by atoms with van der Waals surface area (Å²) >= 11 is 0. The summed E-state index contributed by atoms with van der Waals surface area (Å²) in [6, 6.07) is 7.53. The Labute approximate surface area is 162 Å². The third-order valence-corrected chi connectivity index (χ3v) is 6.13. The number of anilines is 2. The van der Waals surface area contributed by atoms with E-state index in [9.17, 15) is 13.2 Å². The number of carbonyl (C=O) groups excluding carboxylic acids is 1. The molecule has 0 aromatic heterocycles. The molecule has 9 heteroatoms. The number of hydrogen-bond donors (Lipinski definition) is 2. The molecule has 0 aliphatic carbocycles. The number of sulfonamides is 1. The third kappa shape index (κ3) is 6.67. The normalized spacial score (nSPS) is 15.8. The molecule has 1 aliphatic rings. The van der Waals surface area contributed by atoms with Crippen molar-refractivity contribution < 1.29 is 13.2 Å². The molecule has 27 heavy (non-hydrogen) atoms.